The fourth-order valence-electron chi connectivity index (χ4n) is 1.97. The summed E-state index contributed by atoms with van der Waals surface area (Å²) in [5, 5.41) is 0. The van der Waals surface area contributed by atoms with Crippen molar-refractivity contribution in [3.8, 4) is 0 Å². The van der Waals surface area contributed by atoms with E-state index < -0.39 is 5.41 Å². The van der Waals surface area contributed by atoms with Gasteiger partial charge in [-0.05, 0) is 36.2 Å². The smallest absolute Gasteiger partial charge is 0.123 e. The highest BCUT2D eigenvalue weighted by molar-refractivity contribution is 7.16. The highest BCUT2D eigenvalue weighted by Crippen LogP contribution is 2.34. The molecule has 0 aliphatic rings. The van der Waals surface area contributed by atoms with Crippen LogP contribution in [-0.4, -0.2) is 11.8 Å². The zero-order valence-electron chi connectivity index (χ0n) is 10.0. The highest BCUT2D eigenvalue weighted by Gasteiger charge is 2.31. The molecule has 0 aliphatic heterocycles. The van der Waals surface area contributed by atoms with Crippen molar-refractivity contribution in [3.63, 3.8) is 0 Å². The lowest BCUT2D eigenvalue weighted by Gasteiger charge is -2.29. The van der Waals surface area contributed by atoms with Crippen molar-refractivity contribution in [1.29, 1.82) is 0 Å². The minimum Gasteiger partial charge on any atom is -0.207 e. The second kappa shape index (κ2) is 6.45. The van der Waals surface area contributed by atoms with Crippen LogP contribution < -0.4 is 0 Å². The van der Waals surface area contributed by atoms with Gasteiger partial charge in [0.2, 0.25) is 0 Å². The van der Waals surface area contributed by atoms with Crippen LogP contribution in [0.15, 0.2) is 36.4 Å². The van der Waals surface area contributed by atoms with Gasteiger partial charge in [-0.1, -0.05) is 23.7 Å². The van der Waals surface area contributed by atoms with E-state index in [-0.39, 0.29) is 5.82 Å². The third-order valence-corrected chi connectivity index (χ3v) is 5.36. The van der Waals surface area contributed by atoms with Gasteiger partial charge in [-0.15, -0.1) is 34.5 Å². The van der Waals surface area contributed by atoms with Gasteiger partial charge in [-0.25, -0.2) is 4.39 Å². The van der Waals surface area contributed by atoms with Gasteiger partial charge < -0.3 is 0 Å². The molecular formula is C14H12Cl3FS. The summed E-state index contributed by atoms with van der Waals surface area (Å²) in [7, 11) is 0. The lowest BCUT2D eigenvalue weighted by atomic mass is 9.80. The Bertz CT molecular complexity index is 532. The van der Waals surface area contributed by atoms with Crippen molar-refractivity contribution >= 4 is 46.1 Å². The number of halogens is 4. The SMILES string of the molecule is Fc1ccc(C(CCl)(CCl)Cc2ccc(Cl)s2)cc1. The molecule has 1 heterocycles. The predicted molar refractivity (Wildman–Crippen MR) is 82.6 cm³/mol. The third kappa shape index (κ3) is 3.43. The van der Waals surface area contributed by atoms with E-state index in [0.29, 0.717) is 18.2 Å². The van der Waals surface area contributed by atoms with Crippen LogP contribution in [0.3, 0.4) is 0 Å². The van der Waals surface area contributed by atoms with E-state index in [9.17, 15) is 4.39 Å². The van der Waals surface area contributed by atoms with E-state index >= 15 is 0 Å². The van der Waals surface area contributed by atoms with E-state index in [1.165, 1.54) is 23.5 Å². The van der Waals surface area contributed by atoms with E-state index in [1.54, 1.807) is 12.1 Å². The Labute approximate surface area is 131 Å². The zero-order valence-corrected chi connectivity index (χ0v) is 13.1. The second-order valence-corrected chi connectivity index (χ2v) is 6.77. The number of hydrogen-bond acceptors (Lipinski definition) is 1. The zero-order chi connectivity index (χ0) is 13.9. The Balaban J connectivity index is 2.33. The molecule has 5 heteroatoms. The third-order valence-electron chi connectivity index (χ3n) is 3.11. The second-order valence-electron chi connectivity index (χ2n) is 4.44. The normalized spacial score (nSPS) is 11.8. The Morgan fingerprint density at radius 2 is 1.63 bits per heavy atom. The Morgan fingerprint density at radius 1 is 1.00 bits per heavy atom. The highest BCUT2D eigenvalue weighted by atomic mass is 35.5. The molecule has 0 atom stereocenters. The molecule has 1 aromatic heterocycles. The summed E-state index contributed by atoms with van der Waals surface area (Å²) in [6.45, 7) is 0. The standard InChI is InChI=1S/C14H12Cl3FS/c15-8-14(9-16,7-12-5-6-13(17)19-12)10-1-3-11(18)4-2-10/h1-6H,7-9H2. The average molecular weight is 338 g/mol. The van der Waals surface area contributed by atoms with Crippen LogP contribution in [0, 0.1) is 5.82 Å². The van der Waals surface area contributed by atoms with Crippen molar-refractivity contribution in [2.45, 2.75) is 11.8 Å². The molecule has 0 saturated carbocycles. The summed E-state index contributed by atoms with van der Waals surface area (Å²) >= 11 is 19.8. The van der Waals surface area contributed by atoms with Crippen LogP contribution in [0.2, 0.25) is 4.34 Å². The van der Waals surface area contributed by atoms with Crippen LogP contribution in [-0.2, 0) is 11.8 Å². The summed E-state index contributed by atoms with van der Waals surface area (Å²) in [6, 6.07) is 10.2. The number of benzene rings is 1. The summed E-state index contributed by atoms with van der Waals surface area (Å²) in [6.07, 6.45) is 0.697. The molecule has 0 N–H and O–H groups in total. The Kier molecular flexibility index (Phi) is 5.13. The molecule has 0 amide bonds. The first-order chi connectivity index (χ1) is 9.09. The van der Waals surface area contributed by atoms with Crippen LogP contribution in [0.1, 0.15) is 10.4 Å². The first kappa shape index (κ1) is 15.1. The molecular weight excluding hydrogens is 326 g/mol. The van der Waals surface area contributed by atoms with Crippen LogP contribution >= 0.6 is 46.1 Å². The molecule has 2 rings (SSSR count). The van der Waals surface area contributed by atoms with Crippen LogP contribution in [0.4, 0.5) is 4.39 Å². The van der Waals surface area contributed by atoms with E-state index in [1.807, 2.05) is 12.1 Å². The van der Waals surface area contributed by atoms with Gasteiger partial charge in [0.1, 0.15) is 5.82 Å². The van der Waals surface area contributed by atoms with E-state index in [2.05, 4.69) is 0 Å². The summed E-state index contributed by atoms with van der Waals surface area (Å²) in [5.74, 6) is 0.482. The molecule has 19 heavy (non-hydrogen) atoms. The van der Waals surface area contributed by atoms with Gasteiger partial charge in [0.05, 0.1) is 4.34 Å². The molecule has 0 aliphatic carbocycles. The summed E-state index contributed by atoms with van der Waals surface area (Å²) in [5.41, 5.74) is 0.550. The monoisotopic (exact) mass is 336 g/mol. The maximum Gasteiger partial charge on any atom is 0.123 e. The van der Waals surface area contributed by atoms with Gasteiger partial charge >= 0.3 is 0 Å². The fourth-order valence-corrected chi connectivity index (χ4v) is 3.98. The van der Waals surface area contributed by atoms with Crippen molar-refractivity contribution in [2.75, 3.05) is 11.8 Å². The molecule has 0 nitrogen and oxygen atoms in total. The van der Waals surface area contributed by atoms with Crippen LogP contribution in [0.25, 0.3) is 0 Å². The Hall–Kier alpha value is -0.280. The molecule has 1 aromatic carbocycles. The lowest BCUT2D eigenvalue weighted by molar-refractivity contribution is 0.538. The van der Waals surface area contributed by atoms with Crippen molar-refractivity contribution in [1.82, 2.24) is 0 Å². The minimum absolute atomic E-state index is 0.263. The van der Waals surface area contributed by atoms with Gasteiger partial charge in [0.15, 0.2) is 0 Å². The maximum atomic E-state index is 13.0. The largest absolute Gasteiger partial charge is 0.207 e. The van der Waals surface area contributed by atoms with E-state index in [4.69, 9.17) is 34.8 Å². The molecule has 0 unspecified atom stereocenters. The average Bonchev–Trinajstić information content (AvgIpc) is 2.82. The molecule has 0 bridgehead atoms. The minimum atomic E-state index is -0.398. The topological polar surface area (TPSA) is 0 Å². The van der Waals surface area contributed by atoms with Gasteiger partial charge in [0.25, 0.3) is 0 Å². The number of hydrogen-bond donors (Lipinski definition) is 0. The molecule has 0 saturated heterocycles. The summed E-state index contributed by atoms with van der Waals surface area (Å²) < 4.78 is 13.8. The van der Waals surface area contributed by atoms with Crippen molar-refractivity contribution in [3.05, 3.63) is 57.0 Å². The molecule has 102 valence electrons. The van der Waals surface area contributed by atoms with Crippen LogP contribution in [0.5, 0.6) is 0 Å². The van der Waals surface area contributed by atoms with E-state index in [0.717, 1.165) is 14.8 Å². The fraction of sp³-hybridized carbons (Fsp3) is 0.286. The number of alkyl halides is 2. The first-order valence-corrected chi connectivity index (χ1v) is 7.98. The van der Waals surface area contributed by atoms with Gasteiger partial charge in [-0.2, -0.15) is 0 Å². The Morgan fingerprint density at radius 3 is 2.11 bits per heavy atom. The quantitative estimate of drug-likeness (QED) is 0.632. The lowest BCUT2D eigenvalue weighted by Crippen LogP contribution is -2.33. The summed E-state index contributed by atoms with van der Waals surface area (Å²) in [4.78, 5) is 1.12. The molecule has 0 radical (unpaired) electrons. The molecule has 2 aromatic rings. The maximum absolute atomic E-state index is 13.0. The number of thiophene rings is 1. The molecule has 0 spiro atoms. The first-order valence-electron chi connectivity index (χ1n) is 5.72. The predicted octanol–water partition coefficient (Wildman–Crippen LogP) is 5.50. The van der Waals surface area contributed by atoms with Gasteiger partial charge in [0, 0.05) is 22.1 Å². The van der Waals surface area contributed by atoms with Gasteiger partial charge in [-0.3, -0.25) is 0 Å². The van der Waals surface area contributed by atoms with Crippen molar-refractivity contribution in [2.24, 2.45) is 0 Å². The van der Waals surface area contributed by atoms with Crippen molar-refractivity contribution < 1.29 is 4.39 Å². The molecule has 0 fully saturated rings. The number of rotatable bonds is 5.